The molecule has 0 unspecified atom stereocenters. The molecule has 0 aliphatic carbocycles. The summed E-state index contributed by atoms with van der Waals surface area (Å²) in [6, 6.07) is 7.26. The Kier molecular flexibility index (Phi) is 10.0. The summed E-state index contributed by atoms with van der Waals surface area (Å²) in [5.74, 6) is -1.87. The number of alkyl halides is 3. The minimum atomic E-state index is -4.86. The van der Waals surface area contributed by atoms with Crippen LogP contribution >= 0.6 is 0 Å². The van der Waals surface area contributed by atoms with Crippen LogP contribution in [0.1, 0.15) is 59.3 Å². The fourth-order valence-corrected chi connectivity index (χ4v) is 20.2. The first kappa shape index (κ1) is 23.3. The predicted molar refractivity (Wildman–Crippen MR) is 106 cm³/mol. The van der Waals surface area contributed by atoms with E-state index >= 15 is 0 Å². The molecule has 6 heteroatoms. The Morgan fingerprint density at radius 2 is 1.38 bits per heavy atom. The molecular weight excluding hydrogens is 446 g/mol. The number of nitrogens with one attached hydrogen (secondary N) is 1. The molecule has 0 atom stereocenters. The summed E-state index contributed by atoms with van der Waals surface area (Å²) in [4.78, 5) is 11.5. The van der Waals surface area contributed by atoms with Crippen LogP contribution < -0.4 is 8.90 Å². The van der Waals surface area contributed by atoms with Crippen molar-refractivity contribution in [1.29, 1.82) is 0 Å². The number of carbonyl (C=O) groups is 1. The van der Waals surface area contributed by atoms with Crippen LogP contribution in [0, 0.1) is 0 Å². The van der Waals surface area contributed by atoms with E-state index in [-0.39, 0.29) is 0 Å². The molecule has 0 spiro atoms. The van der Waals surface area contributed by atoms with Crippen LogP contribution in [0.15, 0.2) is 24.3 Å². The Morgan fingerprint density at radius 3 is 1.81 bits per heavy atom. The zero-order valence-electron chi connectivity index (χ0n) is 16.2. The van der Waals surface area contributed by atoms with Crippen LogP contribution in [-0.4, -0.2) is 30.5 Å². The SMILES string of the molecule is CCC[CH2][Sn]([CH2]CCC)([CH2]CCC)[c]1ccccc1NC(=O)C(F)(F)F. The summed E-state index contributed by atoms with van der Waals surface area (Å²) >= 11 is -2.91. The number of unbranched alkanes of at least 4 members (excludes halogenated alkanes) is 3. The van der Waals surface area contributed by atoms with Crippen molar-refractivity contribution in [3.63, 3.8) is 0 Å². The van der Waals surface area contributed by atoms with Gasteiger partial charge in [-0.1, -0.05) is 0 Å². The number of amides is 1. The van der Waals surface area contributed by atoms with Gasteiger partial charge in [-0.25, -0.2) is 0 Å². The molecule has 2 nitrogen and oxygen atoms in total. The zero-order valence-corrected chi connectivity index (χ0v) is 19.1. The Labute approximate surface area is 159 Å². The molecule has 1 N–H and O–H groups in total. The maximum absolute atomic E-state index is 12.8. The summed E-state index contributed by atoms with van der Waals surface area (Å²) in [7, 11) is 0. The molecule has 0 fully saturated rings. The van der Waals surface area contributed by atoms with Gasteiger partial charge in [0.25, 0.3) is 0 Å². The Bertz CT molecular complexity index is 538. The number of carbonyl (C=O) groups excluding carboxylic acids is 1. The van der Waals surface area contributed by atoms with Crippen LogP contribution in [-0.2, 0) is 4.79 Å². The molecule has 0 saturated heterocycles. The molecule has 1 amide bonds. The Morgan fingerprint density at radius 1 is 0.923 bits per heavy atom. The van der Waals surface area contributed by atoms with E-state index in [4.69, 9.17) is 0 Å². The summed E-state index contributed by atoms with van der Waals surface area (Å²) in [5.41, 5.74) is 0.397. The molecule has 1 aromatic rings. The molecule has 0 aliphatic rings. The van der Waals surface area contributed by atoms with Gasteiger partial charge in [0.2, 0.25) is 0 Å². The third-order valence-corrected chi connectivity index (χ3v) is 20.8. The molecule has 0 heterocycles. The molecule has 148 valence electrons. The van der Waals surface area contributed by atoms with Gasteiger partial charge < -0.3 is 0 Å². The van der Waals surface area contributed by atoms with Crippen LogP contribution in [0.4, 0.5) is 18.9 Å². The van der Waals surface area contributed by atoms with Gasteiger partial charge in [-0.05, 0) is 0 Å². The molecular formula is C20H32F3NOSn. The molecule has 0 radical (unpaired) electrons. The van der Waals surface area contributed by atoms with Crippen LogP contribution in [0.2, 0.25) is 13.3 Å². The molecule has 0 aromatic heterocycles. The van der Waals surface area contributed by atoms with Crippen molar-refractivity contribution < 1.29 is 18.0 Å². The summed E-state index contributed by atoms with van der Waals surface area (Å²) in [6.45, 7) is 6.48. The molecule has 1 rings (SSSR count). The number of hydrogen-bond acceptors (Lipinski definition) is 1. The van der Waals surface area contributed by atoms with E-state index < -0.39 is 30.5 Å². The van der Waals surface area contributed by atoms with Crippen molar-refractivity contribution in [2.24, 2.45) is 0 Å². The van der Waals surface area contributed by atoms with Crippen molar-refractivity contribution in [2.45, 2.75) is 78.8 Å². The number of halogens is 3. The first-order chi connectivity index (χ1) is 12.3. The average molecular weight is 478 g/mol. The topological polar surface area (TPSA) is 29.1 Å². The van der Waals surface area contributed by atoms with Crippen molar-refractivity contribution >= 4 is 33.6 Å². The fourth-order valence-electron chi connectivity index (χ4n) is 3.57. The second-order valence-corrected chi connectivity index (χ2v) is 20.2. The molecule has 1 aromatic carbocycles. The quantitative estimate of drug-likeness (QED) is 0.375. The normalized spacial score (nSPS) is 12.2. The summed E-state index contributed by atoms with van der Waals surface area (Å²) in [5, 5.41) is 2.17. The Balaban J connectivity index is 3.31. The van der Waals surface area contributed by atoms with E-state index in [0.29, 0.717) is 5.69 Å². The van der Waals surface area contributed by atoms with Crippen LogP contribution in [0.25, 0.3) is 0 Å². The molecule has 26 heavy (non-hydrogen) atoms. The minimum absolute atomic E-state index is 0.397. The van der Waals surface area contributed by atoms with Gasteiger partial charge in [0.15, 0.2) is 0 Å². The molecule has 0 saturated carbocycles. The van der Waals surface area contributed by atoms with Gasteiger partial charge >= 0.3 is 160 Å². The zero-order chi connectivity index (χ0) is 19.6. The van der Waals surface area contributed by atoms with Gasteiger partial charge in [-0.15, -0.1) is 0 Å². The number of rotatable bonds is 11. The van der Waals surface area contributed by atoms with E-state index in [1.54, 1.807) is 12.1 Å². The standard InChI is InChI=1S/C8H5F3NO.3C4H9.Sn/c9-8(10,11)7(13)12-6-4-2-1-3-5-6;3*1-3-4-2;/h1-4H,(H,12,13);3*1,3-4H2,2H3;. The van der Waals surface area contributed by atoms with Gasteiger partial charge in [0.05, 0.1) is 0 Å². The third kappa shape index (κ3) is 6.78. The predicted octanol–water partition coefficient (Wildman–Crippen LogP) is 6.24. The van der Waals surface area contributed by atoms with Crippen LogP contribution in [0.3, 0.4) is 0 Å². The molecule has 0 aliphatic heterocycles. The van der Waals surface area contributed by atoms with Gasteiger partial charge in [0.1, 0.15) is 0 Å². The van der Waals surface area contributed by atoms with Crippen molar-refractivity contribution in [2.75, 3.05) is 5.32 Å². The van der Waals surface area contributed by atoms with Crippen molar-refractivity contribution in [3.8, 4) is 0 Å². The monoisotopic (exact) mass is 479 g/mol. The summed E-state index contributed by atoms with van der Waals surface area (Å²) < 4.78 is 42.8. The van der Waals surface area contributed by atoms with E-state index in [9.17, 15) is 18.0 Å². The van der Waals surface area contributed by atoms with E-state index in [1.165, 1.54) is 0 Å². The Hall–Kier alpha value is -0.721. The van der Waals surface area contributed by atoms with Crippen molar-refractivity contribution in [3.05, 3.63) is 24.3 Å². The van der Waals surface area contributed by atoms with Crippen molar-refractivity contribution in [1.82, 2.24) is 0 Å². The van der Waals surface area contributed by atoms with Crippen LogP contribution in [0.5, 0.6) is 0 Å². The summed E-state index contributed by atoms with van der Waals surface area (Å²) in [6.07, 6.45) is 1.76. The van der Waals surface area contributed by atoms with E-state index in [0.717, 1.165) is 55.4 Å². The first-order valence-corrected chi connectivity index (χ1v) is 17.3. The number of para-hydroxylation sites is 1. The van der Waals surface area contributed by atoms with E-state index in [1.807, 2.05) is 12.1 Å². The van der Waals surface area contributed by atoms with Gasteiger partial charge in [-0.3, -0.25) is 0 Å². The fraction of sp³-hybridized carbons (Fsp3) is 0.650. The second kappa shape index (κ2) is 11.2. The van der Waals surface area contributed by atoms with Gasteiger partial charge in [0, 0.05) is 0 Å². The van der Waals surface area contributed by atoms with Gasteiger partial charge in [-0.2, -0.15) is 0 Å². The maximum atomic E-state index is 12.8. The first-order valence-electron chi connectivity index (χ1n) is 9.78. The molecule has 0 bridgehead atoms. The number of hydrogen-bond donors (Lipinski definition) is 1. The third-order valence-electron chi connectivity index (χ3n) is 5.03. The average Bonchev–Trinajstić information content (AvgIpc) is 2.61. The number of benzene rings is 1. The second-order valence-electron chi connectivity index (χ2n) is 7.09. The number of anilines is 1. The van der Waals surface area contributed by atoms with E-state index in [2.05, 4.69) is 26.1 Å².